The molecule has 0 spiro atoms. The highest BCUT2D eigenvalue weighted by atomic mass is 16.7. The van der Waals surface area contributed by atoms with Crippen molar-refractivity contribution < 1.29 is 9.47 Å². The fourth-order valence-corrected chi connectivity index (χ4v) is 3.05. The van der Waals surface area contributed by atoms with Gasteiger partial charge in [-0.05, 0) is 48.8 Å². The largest absolute Gasteiger partial charge is 0.454 e. The van der Waals surface area contributed by atoms with Crippen molar-refractivity contribution in [2.45, 2.75) is 45.7 Å². The number of nitrogens with one attached hydrogen (secondary N) is 1. The van der Waals surface area contributed by atoms with Gasteiger partial charge in [0.1, 0.15) is 0 Å². The van der Waals surface area contributed by atoms with Gasteiger partial charge >= 0.3 is 0 Å². The molecule has 104 valence electrons. The van der Waals surface area contributed by atoms with Crippen LogP contribution in [0.1, 0.15) is 38.7 Å². The highest BCUT2D eigenvalue weighted by molar-refractivity contribution is 5.44. The molecule has 3 unspecified atom stereocenters. The van der Waals surface area contributed by atoms with Gasteiger partial charge in [-0.1, -0.05) is 19.9 Å². The van der Waals surface area contributed by atoms with E-state index in [0.717, 1.165) is 29.9 Å². The molecule has 3 nitrogen and oxygen atoms in total. The standard InChI is InChI=1S/C16H23NO2/c1-11-3-5-14(7-12(11)2)17-9-13-4-6-15-16(8-13)19-10-18-15/h4,6,8,11-12,14,17H,3,5,7,9-10H2,1-2H3. The summed E-state index contributed by atoms with van der Waals surface area (Å²) in [6.45, 7) is 6.02. The number of hydrogen-bond donors (Lipinski definition) is 1. The van der Waals surface area contributed by atoms with Crippen LogP contribution in [-0.4, -0.2) is 12.8 Å². The molecule has 0 bridgehead atoms. The zero-order valence-electron chi connectivity index (χ0n) is 11.8. The van der Waals surface area contributed by atoms with Gasteiger partial charge in [0, 0.05) is 12.6 Å². The first-order valence-electron chi connectivity index (χ1n) is 7.34. The van der Waals surface area contributed by atoms with Crippen LogP contribution in [-0.2, 0) is 6.54 Å². The molecular weight excluding hydrogens is 238 g/mol. The molecule has 0 aromatic heterocycles. The predicted molar refractivity (Wildman–Crippen MR) is 75.4 cm³/mol. The molecular formula is C16H23NO2. The van der Waals surface area contributed by atoms with Crippen LogP contribution in [0.3, 0.4) is 0 Å². The van der Waals surface area contributed by atoms with E-state index in [1.165, 1.54) is 24.8 Å². The molecule has 1 aliphatic carbocycles. The van der Waals surface area contributed by atoms with Crippen LogP contribution in [0, 0.1) is 11.8 Å². The average Bonchev–Trinajstić information content (AvgIpc) is 2.87. The Bertz CT molecular complexity index is 446. The molecule has 3 heteroatoms. The van der Waals surface area contributed by atoms with Crippen LogP contribution in [0.2, 0.25) is 0 Å². The molecule has 0 radical (unpaired) electrons. The predicted octanol–water partition coefficient (Wildman–Crippen LogP) is 3.33. The molecule has 2 aliphatic rings. The molecule has 1 N–H and O–H groups in total. The molecule has 0 saturated heterocycles. The fraction of sp³-hybridized carbons (Fsp3) is 0.625. The third-order valence-corrected chi connectivity index (χ3v) is 4.63. The lowest BCUT2D eigenvalue weighted by atomic mass is 9.79. The van der Waals surface area contributed by atoms with Crippen molar-refractivity contribution in [2.75, 3.05) is 6.79 Å². The van der Waals surface area contributed by atoms with Crippen molar-refractivity contribution >= 4 is 0 Å². The smallest absolute Gasteiger partial charge is 0.231 e. The third kappa shape index (κ3) is 2.86. The van der Waals surface area contributed by atoms with Crippen molar-refractivity contribution in [1.29, 1.82) is 0 Å². The van der Waals surface area contributed by atoms with E-state index < -0.39 is 0 Å². The molecule has 1 aromatic rings. The maximum absolute atomic E-state index is 5.41. The van der Waals surface area contributed by atoms with Gasteiger partial charge in [-0.15, -0.1) is 0 Å². The summed E-state index contributed by atoms with van der Waals surface area (Å²) in [7, 11) is 0. The van der Waals surface area contributed by atoms with E-state index in [1.54, 1.807) is 0 Å². The normalized spacial score (nSPS) is 29.5. The lowest BCUT2D eigenvalue weighted by Crippen LogP contribution is -2.35. The Balaban J connectivity index is 1.55. The van der Waals surface area contributed by atoms with E-state index in [9.17, 15) is 0 Å². The molecule has 3 atom stereocenters. The first-order valence-corrected chi connectivity index (χ1v) is 7.34. The number of fused-ring (bicyclic) bond motifs is 1. The van der Waals surface area contributed by atoms with Gasteiger partial charge in [-0.3, -0.25) is 0 Å². The topological polar surface area (TPSA) is 30.5 Å². The van der Waals surface area contributed by atoms with Crippen LogP contribution in [0.25, 0.3) is 0 Å². The Morgan fingerprint density at radius 3 is 2.79 bits per heavy atom. The molecule has 1 heterocycles. The Kier molecular flexibility index (Phi) is 3.65. The average molecular weight is 261 g/mol. The van der Waals surface area contributed by atoms with E-state index >= 15 is 0 Å². The van der Waals surface area contributed by atoms with Gasteiger partial charge in [-0.25, -0.2) is 0 Å². The van der Waals surface area contributed by atoms with E-state index in [1.807, 2.05) is 6.07 Å². The minimum absolute atomic E-state index is 0.351. The van der Waals surface area contributed by atoms with Gasteiger partial charge in [0.25, 0.3) is 0 Å². The van der Waals surface area contributed by atoms with Crippen LogP contribution >= 0.6 is 0 Å². The number of hydrogen-bond acceptors (Lipinski definition) is 3. The number of rotatable bonds is 3. The molecule has 0 amide bonds. The maximum atomic E-state index is 5.41. The Morgan fingerprint density at radius 2 is 1.95 bits per heavy atom. The minimum Gasteiger partial charge on any atom is -0.454 e. The Labute approximate surface area is 115 Å². The first-order chi connectivity index (χ1) is 9.22. The number of benzene rings is 1. The molecule has 19 heavy (non-hydrogen) atoms. The van der Waals surface area contributed by atoms with Gasteiger partial charge in [0.2, 0.25) is 6.79 Å². The van der Waals surface area contributed by atoms with Crippen LogP contribution in [0.4, 0.5) is 0 Å². The van der Waals surface area contributed by atoms with E-state index in [4.69, 9.17) is 9.47 Å². The minimum atomic E-state index is 0.351. The molecule has 1 saturated carbocycles. The fourth-order valence-electron chi connectivity index (χ4n) is 3.05. The van der Waals surface area contributed by atoms with Gasteiger partial charge in [-0.2, -0.15) is 0 Å². The summed E-state index contributed by atoms with van der Waals surface area (Å²) in [6, 6.07) is 6.88. The van der Waals surface area contributed by atoms with E-state index in [2.05, 4.69) is 31.3 Å². The summed E-state index contributed by atoms with van der Waals surface area (Å²) in [5.41, 5.74) is 1.27. The van der Waals surface area contributed by atoms with E-state index in [-0.39, 0.29) is 0 Å². The first kappa shape index (κ1) is 12.8. The highest BCUT2D eigenvalue weighted by Gasteiger charge is 2.24. The summed E-state index contributed by atoms with van der Waals surface area (Å²) in [5, 5.41) is 3.68. The lowest BCUT2D eigenvalue weighted by Gasteiger charge is -2.32. The van der Waals surface area contributed by atoms with Crippen LogP contribution in [0.15, 0.2) is 18.2 Å². The zero-order chi connectivity index (χ0) is 13.2. The summed E-state index contributed by atoms with van der Waals surface area (Å²) in [5.74, 6) is 3.46. The zero-order valence-corrected chi connectivity index (χ0v) is 11.8. The van der Waals surface area contributed by atoms with Crippen molar-refractivity contribution in [2.24, 2.45) is 11.8 Å². The van der Waals surface area contributed by atoms with Crippen LogP contribution in [0.5, 0.6) is 11.5 Å². The quantitative estimate of drug-likeness (QED) is 0.905. The molecule has 1 aliphatic heterocycles. The second-order valence-electron chi connectivity index (χ2n) is 6.03. The second-order valence-corrected chi connectivity index (χ2v) is 6.03. The van der Waals surface area contributed by atoms with Crippen molar-refractivity contribution in [3.8, 4) is 11.5 Å². The maximum Gasteiger partial charge on any atom is 0.231 e. The second kappa shape index (κ2) is 5.41. The van der Waals surface area contributed by atoms with Crippen molar-refractivity contribution in [1.82, 2.24) is 5.32 Å². The van der Waals surface area contributed by atoms with Gasteiger partial charge in [0.05, 0.1) is 0 Å². The van der Waals surface area contributed by atoms with Gasteiger partial charge < -0.3 is 14.8 Å². The summed E-state index contributed by atoms with van der Waals surface area (Å²) >= 11 is 0. The monoisotopic (exact) mass is 261 g/mol. The van der Waals surface area contributed by atoms with Crippen molar-refractivity contribution in [3.05, 3.63) is 23.8 Å². The Morgan fingerprint density at radius 1 is 1.11 bits per heavy atom. The lowest BCUT2D eigenvalue weighted by molar-refractivity contribution is 0.174. The molecule has 1 fully saturated rings. The third-order valence-electron chi connectivity index (χ3n) is 4.63. The highest BCUT2D eigenvalue weighted by Crippen LogP contribution is 2.33. The SMILES string of the molecule is CC1CCC(NCc2ccc3c(c2)OCO3)CC1C. The van der Waals surface area contributed by atoms with Crippen LogP contribution < -0.4 is 14.8 Å². The summed E-state index contributed by atoms with van der Waals surface area (Å²) < 4.78 is 10.7. The van der Waals surface area contributed by atoms with Gasteiger partial charge in [0.15, 0.2) is 11.5 Å². The Hall–Kier alpha value is -1.22. The van der Waals surface area contributed by atoms with E-state index in [0.29, 0.717) is 12.8 Å². The van der Waals surface area contributed by atoms with Crippen molar-refractivity contribution in [3.63, 3.8) is 0 Å². The summed E-state index contributed by atoms with van der Waals surface area (Å²) in [4.78, 5) is 0. The number of ether oxygens (including phenoxy) is 2. The molecule has 1 aromatic carbocycles. The molecule has 3 rings (SSSR count). The summed E-state index contributed by atoms with van der Waals surface area (Å²) in [6.07, 6.45) is 3.95.